The van der Waals surface area contributed by atoms with Gasteiger partial charge in [-0.1, -0.05) is 41.5 Å². The first-order valence-electron chi connectivity index (χ1n) is 14.2. The van der Waals surface area contributed by atoms with Crippen LogP contribution in [0.5, 0.6) is 0 Å². The Morgan fingerprint density at radius 2 is 1.26 bits per heavy atom. The summed E-state index contributed by atoms with van der Waals surface area (Å²) in [5, 5.41) is 31.6. The maximum Gasteiger partial charge on any atom is 0.335 e. The van der Waals surface area contributed by atoms with Gasteiger partial charge in [0, 0.05) is 5.92 Å². The van der Waals surface area contributed by atoms with Crippen LogP contribution in [-0.4, -0.2) is 33.0 Å². The first-order chi connectivity index (χ1) is 15.6. The average Bonchev–Trinajstić information content (AvgIpc) is 3.09. The number of fused-ring (bicyclic) bond motifs is 7. The van der Waals surface area contributed by atoms with Crippen molar-refractivity contribution >= 4 is 5.97 Å². The lowest BCUT2D eigenvalue weighted by molar-refractivity contribution is -0.253. The molecule has 5 rings (SSSR count). The molecule has 5 saturated carbocycles. The van der Waals surface area contributed by atoms with Gasteiger partial charge in [-0.3, -0.25) is 0 Å². The zero-order chi connectivity index (χ0) is 25.1. The molecule has 0 aromatic carbocycles. The highest BCUT2D eigenvalue weighted by Crippen LogP contribution is 2.78. The number of aliphatic carboxylic acids is 1. The lowest BCUT2D eigenvalue weighted by Gasteiger charge is -2.73. The lowest BCUT2D eigenvalue weighted by atomic mass is 9.32. The van der Waals surface area contributed by atoms with E-state index in [4.69, 9.17) is 0 Å². The van der Waals surface area contributed by atoms with Crippen LogP contribution in [0.15, 0.2) is 0 Å². The molecule has 1 unspecified atom stereocenters. The molecule has 0 saturated heterocycles. The Kier molecular flexibility index (Phi) is 5.34. The Bertz CT molecular complexity index is 864. The number of hydrogen-bond acceptors (Lipinski definition) is 3. The smallest absolute Gasteiger partial charge is 0.335 e. The molecule has 0 heterocycles. The minimum atomic E-state index is -1.63. The van der Waals surface area contributed by atoms with E-state index in [2.05, 4.69) is 41.5 Å². The molecule has 194 valence electrons. The second-order valence-electron chi connectivity index (χ2n) is 15.2. The summed E-state index contributed by atoms with van der Waals surface area (Å²) in [7, 11) is 0. The van der Waals surface area contributed by atoms with Gasteiger partial charge in [-0.25, -0.2) is 4.79 Å². The van der Waals surface area contributed by atoms with E-state index < -0.39 is 11.6 Å². The van der Waals surface area contributed by atoms with E-state index in [-0.39, 0.29) is 39.1 Å². The van der Waals surface area contributed by atoms with Crippen LogP contribution in [0.2, 0.25) is 0 Å². The van der Waals surface area contributed by atoms with Gasteiger partial charge in [0.05, 0.1) is 6.10 Å². The van der Waals surface area contributed by atoms with Crippen molar-refractivity contribution in [2.24, 2.45) is 56.7 Å². The number of aliphatic hydroxyl groups excluding tert-OH is 1. The number of aliphatic hydroxyl groups is 2. The number of carboxylic acid groups (broad SMARTS) is 1. The number of hydrogen-bond donors (Lipinski definition) is 3. The highest BCUT2D eigenvalue weighted by Gasteiger charge is 2.71. The van der Waals surface area contributed by atoms with Crippen LogP contribution in [0.3, 0.4) is 0 Å². The fraction of sp³-hybridized carbons (Fsp3) is 0.967. The molecule has 0 aliphatic heterocycles. The second-order valence-corrected chi connectivity index (χ2v) is 15.2. The minimum absolute atomic E-state index is 0.0171. The molecule has 0 radical (unpaired) electrons. The molecule has 11 atom stereocenters. The fourth-order valence-corrected chi connectivity index (χ4v) is 12.0. The van der Waals surface area contributed by atoms with Gasteiger partial charge < -0.3 is 15.3 Å². The fourth-order valence-electron chi connectivity index (χ4n) is 12.0. The van der Waals surface area contributed by atoms with Crippen LogP contribution in [0, 0.1) is 56.7 Å². The van der Waals surface area contributed by atoms with Crippen LogP contribution in [0.4, 0.5) is 0 Å². The number of carbonyl (C=O) groups is 1. The Morgan fingerprint density at radius 3 is 1.85 bits per heavy atom. The van der Waals surface area contributed by atoms with Gasteiger partial charge in [-0.15, -0.1) is 0 Å². The van der Waals surface area contributed by atoms with Crippen LogP contribution < -0.4 is 0 Å². The van der Waals surface area contributed by atoms with Gasteiger partial charge in [0.25, 0.3) is 0 Å². The van der Waals surface area contributed by atoms with Crippen molar-refractivity contribution in [1.82, 2.24) is 0 Å². The molecule has 0 spiro atoms. The summed E-state index contributed by atoms with van der Waals surface area (Å²) in [5.74, 6) is 0.962. The lowest BCUT2D eigenvalue weighted by Crippen LogP contribution is -2.67. The van der Waals surface area contributed by atoms with Crippen molar-refractivity contribution in [3.05, 3.63) is 0 Å². The summed E-state index contributed by atoms with van der Waals surface area (Å²) in [6.45, 7) is 16.4. The summed E-state index contributed by atoms with van der Waals surface area (Å²) in [6, 6.07) is 0. The molecule has 4 heteroatoms. The zero-order valence-electron chi connectivity index (χ0n) is 22.8. The molecule has 34 heavy (non-hydrogen) atoms. The van der Waals surface area contributed by atoms with E-state index in [9.17, 15) is 20.1 Å². The van der Waals surface area contributed by atoms with Gasteiger partial charge in [-0.2, -0.15) is 0 Å². The Morgan fingerprint density at radius 1 is 0.735 bits per heavy atom. The second kappa shape index (κ2) is 7.24. The van der Waals surface area contributed by atoms with Gasteiger partial charge in [-0.05, 0) is 122 Å². The molecule has 0 aromatic heterocycles. The van der Waals surface area contributed by atoms with Crippen molar-refractivity contribution in [1.29, 1.82) is 0 Å². The topological polar surface area (TPSA) is 77.8 Å². The molecule has 5 fully saturated rings. The summed E-state index contributed by atoms with van der Waals surface area (Å²) < 4.78 is 0. The third kappa shape index (κ3) is 2.82. The van der Waals surface area contributed by atoms with Gasteiger partial charge >= 0.3 is 5.97 Å². The molecule has 0 aromatic rings. The van der Waals surface area contributed by atoms with Crippen LogP contribution in [0.1, 0.15) is 113 Å². The third-order valence-electron chi connectivity index (χ3n) is 14.1. The standard InChI is InChI=1S/C30H50O4/c1-25(2)20-12-17-29(6)22(27(20,4)15-13-23(25)31)9-8-21-26(3)14-10-19(30(7,34)24(32)33)18(26)11-16-28(21,29)5/h18-23,31,34H,8-17H2,1-7H3,(H,32,33)/t18-,19-,20-,21+,22+,23-,26-,27-,28+,29+,30?/m0/s1. The van der Waals surface area contributed by atoms with Crippen LogP contribution in [0.25, 0.3) is 0 Å². The first-order valence-corrected chi connectivity index (χ1v) is 14.2. The first kappa shape index (κ1) is 25.1. The van der Waals surface area contributed by atoms with Crippen molar-refractivity contribution in [2.45, 2.75) is 124 Å². The highest BCUT2D eigenvalue weighted by atomic mass is 16.4. The van der Waals surface area contributed by atoms with Crippen molar-refractivity contribution in [3.8, 4) is 0 Å². The molecular weight excluding hydrogens is 424 g/mol. The Hall–Kier alpha value is -0.610. The van der Waals surface area contributed by atoms with E-state index >= 15 is 0 Å². The monoisotopic (exact) mass is 474 g/mol. The zero-order valence-corrected chi connectivity index (χ0v) is 22.8. The number of rotatable bonds is 2. The minimum Gasteiger partial charge on any atom is -0.479 e. The maximum atomic E-state index is 11.9. The van der Waals surface area contributed by atoms with E-state index in [0.717, 1.165) is 38.5 Å². The summed E-state index contributed by atoms with van der Waals surface area (Å²) in [4.78, 5) is 11.9. The average molecular weight is 475 g/mol. The molecule has 0 bridgehead atoms. The van der Waals surface area contributed by atoms with Crippen molar-refractivity contribution in [3.63, 3.8) is 0 Å². The predicted molar refractivity (Wildman–Crippen MR) is 134 cm³/mol. The van der Waals surface area contributed by atoms with Gasteiger partial charge in [0.15, 0.2) is 5.60 Å². The molecular formula is C30H50O4. The third-order valence-corrected chi connectivity index (χ3v) is 14.1. The normalized spacial score (nSPS) is 55.8. The summed E-state index contributed by atoms with van der Waals surface area (Å²) >= 11 is 0. The van der Waals surface area contributed by atoms with E-state index in [0.29, 0.717) is 23.7 Å². The summed E-state index contributed by atoms with van der Waals surface area (Å²) in [5.41, 5.74) is -0.716. The highest BCUT2D eigenvalue weighted by molar-refractivity contribution is 5.77. The predicted octanol–water partition coefficient (Wildman–Crippen LogP) is 6.28. The van der Waals surface area contributed by atoms with Gasteiger partial charge in [0.1, 0.15) is 0 Å². The van der Waals surface area contributed by atoms with Crippen LogP contribution >= 0.6 is 0 Å². The van der Waals surface area contributed by atoms with E-state index in [1.54, 1.807) is 6.92 Å². The number of carboxylic acids is 1. The molecule has 5 aliphatic carbocycles. The van der Waals surface area contributed by atoms with E-state index in [1.165, 1.54) is 25.7 Å². The molecule has 0 amide bonds. The molecule has 5 aliphatic rings. The molecule has 3 N–H and O–H groups in total. The SMILES string of the molecule is CC(O)(C(=O)O)[C@H]1CC[C@]2(C)[C@H]3CC[C@@H]4[C@@]5(C)CC[C@H](O)C(C)(C)[C@@H]5CC[C@@]4(C)[C@]3(C)CC[C@@H]12. The van der Waals surface area contributed by atoms with Crippen molar-refractivity contribution in [2.75, 3.05) is 0 Å². The Labute approximate surface area is 207 Å². The Balaban J connectivity index is 1.50. The van der Waals surface area contributed by atoms with Gasteiger partial charge in [0.2, 0.25) is 0 Å². The quantitative estimate of drug-likeness (QED) is 0.440. The van der Waals surface area contributed by atoms with Crippen molar-refractivity contribution < 1.29 is 20.1 Å². The summed E-state index contributed by atoms with van der Waals surface area (Å²) in [6.07, 6.45) is 10.9. The molecule has 4 nitrogen and oxygen atoms in total. The van der Waals surface area contributed by atoms with E-state index in [1.807, 2.05) is 0 Å². The maximum absolute atomic E-state index is 11.9. The van der Waals surface area contributed by atoms with Crippen LogP contribution in [-0.2, 0) is 4.79 Å². The largest absolute Gasteiger partial charge is 0.479 e.